The molecule has 2 unspecified atom stereocenters. The van der Waals surface area contributed by atoms with Gasteiger partial charge in [-0.05, 0) is 87.5 Å². The predicted molar refractivity (Wildman–Crippen MR) is 266 cm³/mol. The van der Waals surface area contributed by atoms with E-state index in [-0.39, 0.29) is 12.0 Å². The van der Waals surface area contributed by atoms with Crippen LogP contribution in [-0.4, -0.2) is 15.2 Å². The Labute approximate surface area is 371 Å². The van der Waals surface area contributed by atoms with Crippen LogP contribution in [0.2, 0.25) is 0 Å². The van der Waals surface area contributed by atoms with Crippen molar-refractivity contribution >= 4 is 55.0 Å². The van der Waals surface area contributed by atoms with E-state index in [1.165, 1.54) is 99.6 Å². The number of fused-ring (bicyclic) bond motifs is 12. The molecular weight excluding hydrogens is 775 g/mol. The molecule has 300 valence electrons. The van der Waals surface area contributed by atoms with Crippen LogP contribution in [0.5, 0.6) is 0 Å². The normalized spacial score (nSPS) is 16.7. The number of allylic oxidation sites excluding steroid dienone is 2. The zero-order valence-corrected chi connectivity index (χ0v) is 35.0. The zero-order valence-electron chi connectivity index (χ0n) is 35.0. The summed E-state index contributed by atoms with van der Waals surface area (Å²) in [7, 11) is 0. The summed E-state index contributed by atoms with van der Waals surface area (Å²) in [5, 5.41) is 5.03. The molecule has 0 saturated carbocycles. The van der Waals surface area contributed by atoms with Crippen molar-refractivity contribution in [2.24, 2.45) is 0 Å². The molecule has 2 atom stereocenters. The molecule has 3 nitrogen and oxygen atoms in total. The third-order valence-electron chi connectivity index (χ3n) is 14.5. The Morgan fingerprint density at radius 2 is 0.844 bits per heavy atom. The standard InChI is InChI=1S/C61H41N3/c1-2-18-40(19-3-1)61(52-27-11-4-20-44(52)45-21-5-12-28-53(45)61)41-34-36-42(37-35-41)63-56-31-15-10-26-50(56)51-38-43(62-54-29-13-6-22-46(54)47-23-7-14-30-55(47)62)39-59(60(51)63)64-57-32-16-8-24-48(57)49-25-9-17-33-58(49)64/h1-39,50,56H. The van der Waals surface area contributed by atoms with Crippen LogP contribution in [0.25, 0.3) is 66.1 Å². The minimum absolute atomic E-state index is 0.0853. The first kappa shape index (κ1) is 35.5. The van der Waals surface area contributed by atoms with Crippen molar-refractivity contribution in [1.29, 1.82) is 0 Å². The SMILES string of the molecule is C1=CC2c3cc(-n4c5ccccc5c5ccccc54)cc(-n4c5ccccc5c5ccccc54)c3N(c3ccc(C4(c5ccccc5)c5ccccc5-c5ccccc54)cc3)C2C=C1. The Kier molecular flexibility index (Phi) is 7.44. The molecule has 0 bridgehead atoms. The van der Waals surface area contributed by atoms with Crippen LogP contribution in [0.4, 0.5) is 11.4 Å². The second-order valence-corrected chi connectivity index (χ2v) is 17.6. The molecule has 0 fully saturated rings. The number of hydrogen-bond donors (Lipinski definition) is 0. The highest BCUT2D eigenvalue weighted by Gasteiger charge is 2.46. The van der Waals surface area contributed by atoms with Crippen molar-refractivity contribution in [3.05, 3.63) is 264 Å². The van der Waals surface area contributed by atoms with Crippen LogP contribution in [0.3, 0.4) is 0 Å². The Morgan fingerprint density at radius 3 is 1.42 bits per heavy atom. The Hall–Kier alpha value is -8.14. The van der Waals surface area contributed by atoms with Crippen molar-refractivity contribution in [3.8, 4) is 22.5 Å². The molecule has 3 heteroatoms. The monoisotopic (exact) mass is 815 g/mol. The molecule has 2 aromatic heterocycles. The molecule has 0 amide bonds. The average Bonchev–Trinajstić information content (AvgIpc) is 4.09. The van der Waals surface area contributed by atoms with Gasteiger partial charge in [0.15, 0.2) is 0 Å². The molecule has 11 aromatic rings. The number of anilines is 2. The lowest BCUT2D eigenvalue weighted by molar-refractivity contribution is 0.742. The van der Waals surface area contributed by atoms with Gasteiger partial charge in [0.1, 0.15) is 0 Å². The molecule has 1 aliphatic heterocycles. The summed E-state index contributed by atoms with van der Waals surface area (Å²) in [4.78, 5) is 2.63. The van der Waals surface area contributed by atoms with Crippen molar-refractivity contribution in [2.45, 2.75) is 17.4 Å². The van der Waals surface area contributed by atoms with Gasteiger partial charge in [0.05, 0.1) is 44.9 Å². The number of aromatic nitrogens is 2. The summed E-state index contributed by atoms with van der Waals surface area (Å²) < 4.78 is 5.02. The number of hydrogen-bond acceptors (Lipinski definition) is 1. The van der Waals surface area contributed by atoms with E-state index in [1.54, 1.807) is 0 Å². The molecule has 0 radical (unpaired) electrons. The van der Waals surface area contributed by atoms with Gasteiger partial charge in [0.2, 0.25) is 0 Å². The number of rotatable bonds is 5. The first-order valence-corrected chi connectivity index (χ1v) is 22.4. The molecular formula is C61H41N3. The van der Waals surface area contributed by atoms with Crippen molar-refractivity contribution in [2.75, 3.05) is 4.90 Å². The van der Waals surface area contributed by atoms with Crippen LogP contribution in [0.1, 0.15) is 33.7 Å². The smallest absolute Gasteiger partial charge is 0.0723 e. The van der Waals surface area contributed by atoms with E-state index in [0.717, 1.165) is 5.69 Å². The molecule has 14 rings (SSSR count). The van der Waals surface area contributed by atoms with Gasteiger partial charge in [0.25, 0.3) is 0 Å². The van der Waals surface area contributed by atoms with Gasteiger partial charge in [-0.1, -0.05) is 188 Å². The van der Waals surface area contributed by atoms with Crippen LogP contribution in [0.15, 0.2) is 237 Å². The van der Waals surface area contributed by atoms with Crippen LogP contribution >= 0.6 is 0 Å². The molecule has 0 N–H and O–H groups in total. The lowest BCUT2D eigenvalue weighted by atomic mass is 9.68. The summed E-state index contributed by atoms with van der Waals surface area (Å²) in [6.07, 6.45) is 9.30. The Morgan fingerprint density at radius 1 is 0.375 bits per heavy atom. The lowest BCUT2D eigenvalue weighted by Crippen LogP contribution is -2.30. The molecule has 0 saturated heterocycles. The van der Waals surface area contributed by atoms with Gasteiger partial charge >= 0.3 is 0 Å². The maximum atomic E-state index is 2.63. The van der Waals surface area contributed by atoms with E-state index in [1.807, 2.05) is 0 Å². The third kappa shape index (κ3) is 4.70. The van der Waals surface area contributed by atoms with Crippen LogP contribution < -0.4 is 4.90 Å². The lowest BCUT2D eigenvalue weighted by Gasteiger charge is -2.35. The molecule has 0 spiro atoms. The van der Waals surface area contributed by atoms with Gasteiger partial charge in [-0.25, -0.2) is 0 Å². The van der Waals surface area contributed by atoms with Crippen molar-refractivity contribution in [1.82, 2.24) is 9.13 Å². The van der Waals surface area contributed by atoms with Gasteiger partial charge in [-0.2, -0.15) is 0 Å². The zero-order chi connectivity index (χ0) is 41.9. The first-order chi connectivity index (χ1) is 31.8. The van der Waals surface area contributed by atoms with Gasteiger partial charge in [-0.15, -0.1) is 0 Å². The first-order valence-electron chi connectivity index (χ1n) is 22.4. The van der Waals surface area contributed by atoms with Gasteiger partial charge in [-0.3, -0.25) is 0 Å². The number of nitrogens with zero attached hydrogens (tertiary/aromatic N) is 3. The van der Waals surface area contributed by atoms with Crippen molar-refractivity contribution < 1.29 is 0 Å². The number of para-hydroxylation sites is 4. The third-order valence-corrected chi connectivity index (χ3v) is 14.5. The molecule has 3 heterocycles. The minimum Gasteiger partial charge on any atom is -0.332 e. The summed E-state index contributed by atoms with van der Waals surface area (Å²) >= 11 is 0. The quantitative estimate of drug-likeness (QED) is 0.169. The Bertz CT molecular complexity index is 3600. The fraction of sp³-hybridized carbons (Fsp3) is 0.0492. The molecule has 3 aliphatic rings. The maximum Gasteiger partial charge on any atom is 0.0723 e. The summed E-state index contributed by atoms with van der Waals surface area (Å²) in [6, 6.07) is 79.2. The average molecular weight is 816 g/mol. The molecule has 64 heavy (non-hydrogen) atoms. The van der Waals surface area contributed by atoms with E-state index in [9.17, 15) is 0 Å². The topological polar surface area (TPSA) is 13.1 Å². The molecule has 9 aromatic carbocycles. The second-order valence-electron chi connectivity index (χ2n) is 17.6. The largest absolute Gasteiger partial charge is 0.332 e. The fourth-order valence-corrected chi connectivity index (χ4v) is 12.0. The van der Waals surface area contributed by atoms with E-state index >= 15 is 0 Å². The van der Waals surface area contributed by atoms with Crippen LogP contribution in [-0.2, 0) is 5.41 Å². The van der Waals surface area contributed by atoms with Gasteiger partial charge < -0.3 is 14.0 Å². The number of benzene rings is 9. The van der Waals surface area contributed by atoms with E-state index in [0.29, 0.717) is 0 Å². The van der Waals surface area contributed by atoms with Crippen molar-refractivity contribution in [3.63, 3.8) is 0 Å². The van der Waals surface area contributed by atoms with E-state index in [4.69, 9.17) is 0 Å². The molecule has 2 aliphatic carbocycles. The predicted octanol–water partition coefficient (Wildman–Crippen LogP) is 15.0. The van der Waals surface area contributed by atoms with Crippen LogP contribution in [0, 0.1) is 0 Å². The highest BCUT2D eigenvalue weighted by atomic mass is 15.2. The fourth-order valence-electron chi connectivity index (χ4n) is 12.0. The summed E-state index contributed by atoms with van der Waals surface area (Å²) in [5.41, 5.74) is 18.2. The van der Waals surface area contributed by atoms with Gasteiger partial charge in [0, 0.05) is 38.8 Å². The maximum absolute atomic E-state index is 2.63. The highest BCUT2D eigenvalue weighted by Crippen LogP contribution is 2.57. The summed E-state index contributed by atoms with van der Waals surface area (Å²) in [5.74, 6) is 0.142. The van der Waals surface area contributed by atoms with E-state index in [2.05, 4.69) is 251 Å². The second kappa shape index (κ2) is 13.4. The van der Waals surface area contributed by atoms with E-state index < -0.39 is 5.41 Å². The summed E-state index contributed by atoms with van der Waals surface area (Å²) in [6.45, 7) is 0. The Balaban J connectivity index is 1.04. The minimum atomic E-state index is -0.461. The highest BCUT2D eigenvalue weighted by molar-refractivity contribution is 6.11.